The van der Waals surface area contributed by atoms with Gasteiger partial charge in [0.05, 0.1) is 0 Å². The zero-order valence-corrected chi connectivity index (χ0v) is 7.93. The van der Waals surface area contributed by atoms with Crippen LogP contribution < -0.4 is 17.1 Å². The van der Waals surface area contributed by atoms with Crippen LogP contribution in [0.25, 0.3) is 0 Å². The Morgan fingerprint density at radius 1 is 0.929 bits per heavy atom. The van der Waals surface area contributed by atoms with E-state index in [1.807, 2.05) is 0 Å². The van der Waals surface area contributed by atoms with Crippen LogP contribution in [0.3, 0.4) is 0 Å². The van der Waals surface area contributed by atoms with Crippen molar-refractivity contribution < 1.29 is 5.21 Å². The van der Waals surface area contributed by atoms with Crippen molar-refractivity contribution in [3.63, 3.8) is 0 Å². The standard InChI is InChI=1S/C5H7N3O4.C2H4/c1-6-3(9)7(2)5(11)8(12)4(6)10;1-2/h12H,1-2H3;1-2H2. The van der Waals surface area contributed by atoms with Crippen molar-refractivity contribution in [1.29, 1.82) is 0 Å². The van der Waals surface area contributed by atoms with Crippen LogP contribution in [0, 0.1) is 0 Å². The third kappa shape index (κ3) is 1.65. The molecule has 0 spiro atoms. The van der Waals surface area contributed by atoms with Crippen molar-refractivity contribution in [2.24, 2.45) is 14.1 Å². The number of hydrogen-bond donors (Lipinski definition) is 1. The van der Waals surface area contributed by atoms with Crippen LogP contribution in [0.1, 0.15) is 0 Å². The van der Waals surface area contributed by atoms with Gasteiger partial charge >= 0.3 is 17.1 Å². The number of aromatic nitrogens is 3. The SMILES string of the molecule is C=C.Cn1c(=O)n(C)c(=O)n(O)c1=O. The smallest absolute Gasteiger partial charge is 0.369 e. The van der Waals surface area contributed by atoms with Gasteiger partial charge in [0.1, 0.15) is 0 Å². The molecule has 0 aliphatic carbocycles. The van der Waals surface area contributed by atoms with Crippen molar-refractivity contribution in [3.05, 3.63) is 44.6 Å². The highest BCUT2D eigenvalue weighted by atomic mass is 16.5. The highest BCUT2D eigenvalue weighted by Gasteiger charge is 2.07. The molecule has 0 aliphatic rings. The molecular formula is C7H11N3O4. The lowest BCUT2D eigenvalue weighted by Crippen LogP contribution is -2.52. The second-order valence-corrected chi connectivity index (χ2v) is 2.28. The Balaban J connectivity index is 0.000000791. The van der Waals surface area contributed by atoms with Crippen LogP contribution in [0.2, 0.25) is 0 Å². The first-order valence-corrected chi connectivity index (χ1v) is 3.55. The van der Waals surface area contributed by atoms with Crippen LogP contribution in [-0.4, -0.2) is 19.1 Å². The predicted octanol–water partition coefficient (Wildman–Crippen LogP) is -1.71. The largest absolute Gasteiger partial charge is 0.420 e. The average Bonchev–Trinajstić information content (AvgIpc) is 2.24. The first-order chi connectivity index (χ1) is 6.46. The van der Waals surface area contributed by atoms with Gasteiger partial charge in [-0.2, -0.15) is 0 Å². The lowest BCUT2D eigenvalue weighted by molar-refractivity contribution is 0.142. The van der Waals surface area contributed by atoms with Crippen molar-refractivity contribution in [3.8, 4) is 0 Å². The van der Waals surface area contributed by atoms with Crippen LogP contribution in [-0.2, 0) is 14.1 Å². The minimum atomic E-state index is -1.05. The average molecular weight is 201 g/mol. The van der Waals surface area contributed by atoms with Gasteiger partial charge in [-0.3, -0.25) is 0 Å². The van der Waals surface area contributed by atoms with Crippen LogP contribution in [0.4, 0.5) is 0 Å². The van der Waals surface area contributed by atoms with E-state index in [9.17, 15) is 14.4 Å². The van der Waals surface area contributed by atoms with Gasteiger partial charge in [-0.15, -0.1) is 13.2 Å². The molecule has 7 heteroatoms. The van der Waals surface area contributed by atoms with Gasteiger partial charge in [-0.1, -0.05) is 4.73 Å². The molecule has 0 saturated carbocycles. The molecule has 1 heterocycles. The number of nitrogens with zero attached hydrogens (tertiary/aromatic N) is 3. The van der Waals surface area contributed by atoms with E-state index in [-0.39, 0.29) is 4.73 Å². The summed E-state index contributed by atoms with van der Waals surface area (Å²) in [6, 6.07) is 0. The minimum Gasteiger partial charge on any atom is -0.420 e. The molecule has 1 N–H and O–H groups in total. The van der Waals surface area contributed by atoms with Gasteiger partial charge in [0, 0.05) is 14.1 Å². The molecule has 14 heavy (non-hydrogen) atoms. The van der Waals surface area contributed by atoms with Crippen LogP contribution in [0.15, 0.2) is 27.5 Å². The Kier molecular flexibility index (Phi) is 3.64. The van der Waals surface area contributed by atoms with Gasteiger partial charge < -0.3 is 5.21 Å². The Bertz CT molecular complexity index is 391. The molecule has 1 aromatic rings. The first-order valence-electron chi connectivity index (χ1n) is 3.55. The molecule has 7 nitrogen and oxygen atoms in total. The van der Waals surface area contributed by atoms with Crippen LogP contribution >= 0.6 is 0 Å². The highest BCUT2D eigenvalue weighted by Crippen LogP contribution is 1.57. The van der Waals surface area contributed by atoms with Gasteiger partial charge in [-0.25, -0.2) is 23.5 Å². The maximum atomic E-state index is 11.0. The molecule has 0 unspecified atom stereocenters. The fourth-order valence-electron chi connectivity index (χ4n) is 0.755. The Morgan fingerprint density at radius 3 is 1.50 bits per heavy atom. The Labute approximate surface area is 78.7 Å². The summed E-state index contributed by atoms with van der Waals surface area (Å²) in [5, 5.41) is 8.80. The molecule has 0 bridgehead atoms. The Morgan fingerprint density at radius 2 is 1.21 bits per heavy atom. The maximum absolute atomic E-state index is 11.0. The minimum absolute atomic E-state index is 0.124. The van der Waals surface area contributed by atoms with Gasteiger partial charge in [0.2, 0.25) is 0 Å². The normalized spacial score (nSPS) is 9.00. The summed E-state index contributed by atoms with van der Waals surface area (Å²) >= 11 is 0. The van der Waals surface area contributed by atoms with E-state index in [0.29, 0.717) is 9.13 Å². The number of rotatable bonds is 0. The zero-order chi connectivity index (χ0) is 11.5. The van der Waals surface area contributed by atoms with Gasteiger partial charge in [0.25, 0.3) is 0 Å². The van der Waals surface area contributed by atoms with Gasteiger partial charge in [0.15, 0.2) is 0 Å². The summed E-state index contributed by atoms with van der Waals surface area (Å²) in [5.41, 5.74) is -2.87. The summed E-state index contributed by atoms with van der Waals surface area (Å²) in [7, 11) is 2.33. The quantitative estimate of drug-likeness (QED) is 0.400. The molecular weight excluding hydrogens is 190 g/mol. The molecule has 1 aromatic heterocycles. The molecule has 0 saturated heterocycles. The van der Waals surface area contributed by atoms with E-state index in [1.54, 1.807) is 0 Å². The van der Waals surface area contributed by atoms with E-state index in [1.165, 1.54) is 0 Å². The number of hydrogen-bond acceptors (Lipinski definition) is 4. The predicted molar refractivity (Wildman–Crippen MR) is 49.6 cm³/mol. The molecule has 0 aliphatic heterocycles. The molecule has 0 amide bonds. The van der Waals surface area contributed by atoms with Crippen molar-refractivity contribution >= 4 is 0 Å². The summed E-state index contributed by atoms with van der Waals surface area (Å²) in [5.74, 6) is 0. The highest BCUT2D eigenvalue weighted by molar-refractivity contribution is 4.71. The molecule has 1 rings (SSSR count). The third-order valence-electron chi connectivity index (χ3n) is 1.51. The Hall–Kier alpha value is -2.05. The van der Waals surface area contributed by atoms with E-state index in [0.717, 1.165) is 14.1 Å². The molecule has 0 aromatic carbocycles. The summed E-state index contributed by atoms with van der Waals surface area (Å²) in [6.45, 7) is 6.00. The first kappa shape index (κ1) is 11.9. The molecule has 78 valence electrons. The zero-order valence-electron chi connectivity index (χ0n) is 7.93. The fourth-order valence-corrected chi connectivity index (χ4v) is 0.755. The van der Waals surface area contributed by atoms with Crippen LogP contribution in [0.5, 0.6) is 0 Å². The van der Waals surface area contributed by atoms with E-state index in [4.69, 9.17) is 5.21 Å². The third-order valence-corrected chi connectivity index (χ3v) is 1.51. The van der Waals surface area contributed by atoms with Gasteiger partial charge in [-0.05, 0) is 0 Å². The fraction of sp³-hybridized carbons (Fsp3) is 0.286. The topological polar surface area (TPSA) is 86.2 Å². The van der Waals surface area contributed by atoms with E-state index < -0.39 is 17.1 Å². The summed E-state index contributed by atoms with van der Waals surface area (Å²) in [4.78, 5) is 32.6. The molecule has 0 radical (unpaired) electrons. The molecule has 0 fully saturated rings. The maximum Gasteiger partial charge on any atom is 0.369 e. The second-order valence-electron chi connectivity index (χ2n) is 2.28. The summed E-state index contributed by atoms with van der Waals surface area (Å²) in [6.07, 6.45) is 0. The summed E-state index contributed by atoms with van der Waals surface area (Å²) < 4.78 is 1.13. The van der Waals surface area contributed by atoms with E-state index in [2.05, 4.69) is 13.2 Å². The molecule has 0 atom stereocenters. The van der Waals surface area contributed by atoms with Crippen molar-refractivity contribution in [1.82, 2.24) is 13.9 Å². The lowest BCUT2D eigenvalue weighted by atomic mass is 10.8. The lowest BCUT2D eigenvalue weighted by Gasteiger charge is -2.01. The van der Waals surface area contributed by atoms with E-state index >= 15 is 0 Å². The monoisotopic (exact) mass is 201 g/mol. The van der Waals surface area contributed by atoms with Crippen molar-refractivity contribution in [2.75, 3.05) is 0 Å². The second kappa shape index (κ2) is 4.26. The van der Waals surface area contributed by atoms with Crippen molar-refractivity contribution in [2.45, 2.75) is 0 Å².